The van der Waals surface area contributed by atoms with Crippen LogP contribution in [0.2, 0.25) is 0 Å². The SMILES string of the molecule is CCNc1cccc(Sc2ccccc2F)c1[N+](=O)[O-]. The minimum Gasteiger partial charge on any atom is -0.380 e. The fourth-order valence-corrected chi connectivity index (χ4v) is 2.75. The molecule has 0 saturated carbocycles. The number of nitro benzene ring substituents is 1. The summed E-state index contributed by atoms with van der Waals surface area (Å²) in [6, 6.07) is 11.2. The van der Waals surface area contributed by atoms with Gasteiger partial charge in [0.15, 0.2) is 0 Å². The maximum atomic E-state index is 13.7. The number of nitrogens with zero attached hydrogens (tertiary/aromatic N) is 1. The first kappa shape index (κ1) is 14.3. The van der Waals surface area contributed by atoms with Crippen LogP contribution in [-0.2, 0) is 0 Å². The number of hydrogen-bond acceptors (Lipinski definition) is 4. The van der Waals surface area contributed by atoms with Gasteiger partial charge in [0.05, 0.1) is 9.82 Å². The molecule has 0 heterocycles. The highest BCUT2D eigenvalue weighted by Gasteiger charge is 2.20. The average molecular weight is 292 g/mol. The van der Waals surface area contributed by atoms with Crippen molar-refractivity contribution in [2.75, 3.05) is 11.9 Å². The van der Waals surface area contributed by atoms with Gasteiger partial charge in [0, 0.05) is 11.4 Å². The molecule has 0 amide bonds. The van der Waals surface area contributed by atoms with Gasteiger partial charge in [-0.25, -0.2) is 4.39 Å². The molecule has 0 aromatic heterocycles. The zero-order valence-electron chi connectivity index (χ0n) is 10.8. The van der Waals surface area contributed by atoms with Gasteiger partial charge in [-0.3, -0.25) is 10.1 Å². The van der Waals surface area contributed by atoms with Crippen LogP contribution in [0.3, 0.4) is 0 Å². The highest BCUT2D eigenvalue weighted by Crippen LogP contribution is 2.39. The van der Waals surface area contributed by atoms with E-state index in [0.29, 0.717) is 22.0 Å². The van der Waals surface area contributed by atoms with Gasteiger partial charge in [-0.2, -0.15) is 0 Å². The molecule has 0 radical (unpaired) electrons. The van der Waals surface area contributed by atoms with Crippen LogP contribution in [0.5, 0.6) is 0 Å². The lowest BCUT2D eigenvalue weighted by molar-refractivity contribution is -0.386. The Balaban J connectivity index is 2.44. The second kappa shape index (κ2) is 6.38. The number of para-hydroxylation sites is 1. The van der Waals surface area contributed by atoms with E-state index in [9.17, 15) is 14.5 Å². The number of nitrogens with one attached hydrogen (secondary N) is 1. The molecule has 0 unspecified atom stereocenters. The van der Waals surface area contributed by atoms with Crippen LogP contribution in [0, 0.1) is 15.9 Å². The Bertz CT molecular complexity index is 634. The molecule has 2 aromatic carbocycles. The molecule has 0 fully saturated rings. The molecular formula is C14H13FN2O2S. The molecule has 20 heavy (non-hydrogen) atoms. The summed E-state index contributed by atoms with van der Waals surface area (Å²) in [5.41, 5.74) is 0.418. The number of benzene rings is 2. The van der Waals surface area contributed by atoms with Crippen molar-refractivity contribution >= 4 is 23.1 Å². The van der Waals surface area contributed by atoms with E-state index in [1.165, 1.54) is 6.07 Å². The molecule has 6 heteroatoms. The lowest BCUT2D eigenvalue weighted by Gasteiger charge is -2.08. The Morgan fingerprint density at radius 2 is 1.90 bits per heavy atom. The van der Waals surface area contributed by atoms with Gasteiger partial charge >= 0.3 is 5.69 Å². The van der Waals surface area contributed by atoms with Gasteiger partial charge in [-0.05, 0) is 31.2 Å². The van der Waals surface area contributed by atoms with E-state index in [-0.39, 0.29) is 11.5 Å². The third-order valence-corrected chi connectivity index (χ3v) is 3.71. The molecule has 0 aliphatic rings. The zero-order chi connectivity index (χ0) is 14.5. The standard InChI is InChI=1S/C14H13FN2O2S/c1-2-16-11-7-5-9-13(14(11)17(18)19)20-12-8-4-3-6-10(12)15/h3-9,16H,2H2,1H3. The van der Waals surface area contributed by atoms with Crippen LogP contribution >= 0.6 is 11.8 Å². The maximum absolute atomic E-state index is 13.7. The molecule has 0 atom stereocenters. The molecule has 0 spiro atoms. The summed E-state index contributed by atoms with van der Waals surface area (Å²) in [5.74, 6) is -0.388. The number of rotatable bonds is 5. The van der Waals surface area contributed by atoms with Gasteiger partial charge in [0.25, 0.3) is 0 Å². The molecule has 0 aliphatic heterocycles. The fourth-order valence-electron chi connectivity index (χ4n) is 1.77. The van der Waals surface area contributed by atoms with Crippen molar-refractivity contribution in [3.63, 3.8) is 0 Å². The second-order valence-corrected chi connectivity index (χ2v) is 5.06. The summed E-state index contributed by atoms with van der Waals surface area (Å²) in [7, 11) is 0. The molecule has 2 aromatic rings. The quantitative estimate of drug-likeness (QED) is 0.658. The van der Waals surface area contributed by atoms with Gasteiger partial charge in [0.1, 0.15) is 11.5 Å². The Labute approximate surface area is 120 Å². The van der Waals surface area contributed by atoms with Crippen molar-refractivity contribution in [1.29, 1.82) is 0 Å². The number of nitro groups is 1. The van der Waals surface area contributed by atoms with E-state index in [0.717, 1.165) is 11.8 Å². The molecule has 2 rings (SSSR count). The van der Waals surface area contributed by atoms with E-state index >= 15 is 0 Å². The third kappa shape index (κ3) is 3.08. The molecule has 0 bridgehead atoms. The highest BCUT2D eigenvalue weighted by molar-refractivity contribution is 7.99. The van der Waals surface area contributed by atoms with E-state index in [2.05, 4.69) is 5.32 Å². The van der Waals surface area contributed by atoms with Crippen LogP contribution in [0.1, 0.15) is 6.92 Å². The minimum atomic E-state index is -0.443. The second-order valence-electron chi connectivity index (χ2n) is 3.97. The molecule has 0 saturated heterocycles. The first-order valence-corrected chi connectivity index (χ1v) is 6.88. The molecule has 0 aliphatic carbocycles. The topological polar surface area (TPSA) is 55.2 Å². The van der Waals surface area contributed by atoms with Crippen LogP contribution < -0.4 is 5.32 Å². The summed E-state index contributed by atoms with van der Waals surface area (Å²) in [6.45, 7) is 2.44. The van der Waals surface area contributed by atoms with Crippen LogP contribution in [-0.4, -0.2) is 11.5 Å². The van der Waals surface area contributed by atoms with E-state index in [4.69, 9.17) is 0 Å². The molecule has 104 valence electrons. The van der Waals surface area contributed by atoms with Gasteiger partial charge in [-0.1, -0.05) is 30.0 Å². The lowest BCUT2D eigenvalue weighted by Crippen LogP contribution is -2.02. The minimum absolute atomic E-state index is 0.0254. The maximum Gasteiger partial charge on any atom is 0.306 e. The van der Waals surface area contributed by atoms with E-state index < -0.39 is 4.92 Å². The summed E-state index contributed by atoms with van der Waals surface area (Å²) < 4.78 is 13.7. The smallest absolute Gasteiger partial charge is 0.306 e. The first-order valence-electron chi connectivity index (χ1n) is 6.07. The molecule has 1 N–H and O–H groups in total. The Hall–Kier alpha value is -2.08. The summed E-state index contributed by atoms with van der Waals surface area (Å²) in [6.07, 6.45) is 0. The zero-order valence-corrected chi connectivity index (χ0v) is 11.6. The van der Waals surface area contributed by atoms with Crippen molar-refractivity contribution in [1.82, 2.24) is 0 Å². The van der Waals surface area contributed by atoms with E-state index in [1.54, 1.807) is 36.4 Å². The predicted molar refractivity (Wildman–Crippen MR) is 77.8 cm³/mol. The van der Waals surface area contributed by atoms with Crippen molar-refractivity contribution < 1.29 is 9.31 Å². The Morgan fingerprint density at radius 1 is 1.20 bits per heavy atom. The summed E-state index contributed by atoms with van der Waals surface area (Å²) in [4.78, 5) is 11.6. The monoisotopic (exact) mass is 292 g/mol. The van der Waals surface area contributed by atoms with Gasteiger partial charge < -0.3 is 5.32 Å². The Morgan fingerprint density at radius 3 is 2.55 bits per heavy atom. The van der Waals surface area contributed by atoms with Crippen molar-refractivity contribution in [2.24, 2.45) is 0 Å². The van der Waals surface area contributed by atoms with Crippen LogP contribution in [0.25, 0.3) is 0 Å². The largest absolute Gasteiger partial charge is 0.380 e. The number of hydrogen-bond donors (Lipinski definition) is 1. The van der Waals surface area contributed by atoms with Crippen molar-refractivity contribution in [3.05, 3.63) is 58.4 Å². The predicted octanol–water partition coefficient (Wildman–Crippen LogP) is 4.32. The first-order chi connectivity index (χ1) is 9.63. The van der Waals surface area contributed by atoms with Crippen molar-refractivity contribution in [3.8, 4) is 0 Å². The number of anilines is 1. The number of halogens is 1. The third-order valence-electron chi connectivity index (χ3n) is 2.61. The summed E-state index contributed by atoms with van der Waals surface area (Å²) >= 11 is 1.05. The van der Waals surface area contributed by atoms with Gasteiger partial charge in [0.2, 0.25) is 0 Å². The Kier molecular flexibility index (Phi) is 4.57. The lowest BCUT2D eigenvalue weighted by atomic mass is 10.2. The molecular weight excluding hydrogens is 279 g/mol. The van der Waals surface area contributed by atoms with Gasteiger partial charge in [-0.15, -0.1) is 0 Å². The highest BCUT2D eigenvalue weighted by atomic mass is 32.2. The van der Waals surface area contributed by atoms with Crippen LogP contribution in [0.4, 0.5) is 15.8 Å². The summed E-state index contributed by atoms with van der Waals surface area (Å²) in [5, 5.41) is 14.2. The fraction of sp³-hybridized carbons (Fsp3) is 0.143. The molecule has 4 nitrogen and oxygen atoms in total. The van der Waals surface area contributed by atoms with Crippen LogP contribution in [0.15, 0.2) is 52.3 Å². The van der Waals surface area contributed by atoms with Crippen molar-refractivity contribution in [2.45, 2.75) is 16.7 Å². The average Bonchev–Trinajstić information content (AvgIpc) is 2.41. The van der Waals surface area contributed by atoms with E-state index in [1.807, 2.05) is 6.92 Å². The normalized spacial score (nSPS) is 10.3.